The Morgan fingerprint density at radius 2 is 2.03 bits per heavy atom. The molecule has 30 heavy (non-hydrogen) atoms. The quantitative estimate of drug-likeness (QED) is 0.494. The van der Waals surface area contributed by atoms with Crippen molar-refractivity contribution >= 4 is 17.2 Å². The number of aromatic amines is 1. The second-order valence-electron chi connectivity index (χ2n) is 7.61. The molecular weight excluding hydrogens is 384 g/mol. The molecule has 1 atom stereocenters. The number of urea groups is 1. The zero-order valence-corrected chi connectivity index (χ0v) is 16.8. The number of rotatable bonds is 6. The maximum atomic E-state index is 12.7. The van der Waals surface area contributed by atoms with Gasteiger partial charge in [0.1, 0.15) is 23.4 Å². The van der Waals surface area contributed by atoms with Gasteiger partial charge in [-0.3, -0.25) is 0 Å². The van der Waals surface area contributed by atoms with Gasteiger partial charge in [-0.1, -0.05) is 12.1 Å². The Balaban J connectivity index is 1.50. The average molecular weight is 410 g/mol. The largest absolute Gasteiger partial charge is 0.497 e. The molecular formula is C21H26N6O3. The minimum absolute atomic E-state index is 0.0663. The van der Waals surface area contributed by atoms with E-state index >= 15 is 0 Å². The van der Waals surface area contributed by atoms with Crippen molar-refractivity contribution in [3.8, 4) is 5.75 Å². The molecule has 158 valence electrons. The number of carbonyl (C=O) groups excluding carboxylic acids is 1. The Hall–Kier alpha value is -3.20. The first-order valence-electron chi connectivity index (χ1n) is 10.1. The van der Waals surface area contributed by atoms with Crippen molar-refractivity contribution in [3.05, 3.63) is 48.2 Å². The minimum Gasteiger partial charge on any atom is -0.497 e. The molecule has 0 radical (unpaired) electrons. The molecule has 9 heteroatoms. The Bertz CT molecular complexity index is 949. The molecule has 2 aromatic heterocycles. The highest BCUT2D eigenvalue weighted by Crippen LogP contribution is 2.21. The van der Waals surface area contributed by atoms with Crippen LogP contribution in [0.15, 0.2) is 36.8 Å². The fourth-order valence-corrected chi connectivity index (χ4v) is 3.76. The minimum atomic E-state index is -0.373. The fraction of sp³-hybridized carbons (Fsp3) is 0.429. The van der Waals surface area contributed by atoms with Crippen LogP contribution in [0.3, 0.4) is 0 Å². The first-order valence-corrected chi connectivity index (χ1v) is 10.1. The number of H-pyrrole nitrogens is 1. The van der Waals surface area contributed by atoms with Crippen molar-refractivity contribution in [3.63, 3.8) is 0 Å². The van der Waals surface area contributed by atoms with E-state index in [2.05, 4.69) is 30.6 Å². The van der Waals surface area contributed by atoms with E-state index in [0.717, 1.165) is 29.7 Å². The van der Waals surface area contributed by atoms with Crippen molar-refractivity contribution < 1.29 is 14.6 Å². The third-order valence-electron chi connectivity index (χ3n) is 5.45. The number of imidazole rings is 1. The van der Waals surface area contributed by atoms with Crippen molar-refractivity contribution in [1.82, 2.24) is 30.6 Å². The molecule has 3 aromatic rings. The number of methoxy groups -OCH3 is 1. The number of aromatic nitrogens is 4. The van der Waals surface area contributed by atoms with Gasteiger partial charge in [0.2, 0.25) is 0 Å². The number of nitrogens with one attached hydrogen (secondary N) is 3. The topological polar surface area (TPSA) is 125 Å². The third kappa shape index (κ3) is 4.85. The van der Waals surface area contributed by atoms with E-state index in [1.165, 1.54) is 6.33 Å². The molecule has 2 heterocycles. The summed E-state index contributed by atoms with van der Waals surface area (Å²) in [7, 11) is 1.63. The van der Waals surface area contributed by atoms with E-state index in [1.54, 1.807) is 13.3 Å². The summed E-state index contributed by atoms with van der Waals surface area (Å²) in [6.45, 7) is 0. The van der Waals surface area contributed by atoms with Gasteiger partial charge in [-0.05, 0) is 49.8 Å². The lowest BCUT2D eigenvalue weighted by Crippen LogP contribution is -2.45. The van der Waals surface area contributed by atoms with Crippen molar-refractivity contribution in [2.75, 3.05) is 7.11 Å². The van der Waals surface area contributed by atoms with Crippen LogP contribution in [0, 0.1) is 0 Å². The maximum Gasteiger partial charge on any atom is 0.315 e. The van der Waals surface area contributed by atoms with Gasteiger partial charge in [-0.2, -0.15) is 0 Å². The third-order valence-corrected chi connectivity index (χ3v) is 5.45. The van der Waals surface area contributed by atoms with Crippen LogP contribution in [0.5, 0.6) is 5.75 Å². The molecule has 4 rings (SSSR count). The summed E-state index contributed by atoms with van der Waals surface area (Å²) in [5, 5.41) is 15.7. The Morgan fingerprint density at radius 3 is 2.73 bits per heavy atom. The molecule has 1 unspecified atom stereocenters. The van der Waals surface area contributed by atoms with E-state index in [1.807, 2.05) is 24.3 Å². The summed E-state index contributed by atoms with van der Waals surface area (Å²) in [4.78, 5) is 28.7. The molecule has 1 aliphatic rings. The van der Waals surface area contributed by atoms with E-state index < -0.39 is 0 Å². The first kappa shape index (κ1) is 20.1. The highest BCUT2D eigenvalue weighted by molar-refractivity contribution is 5.75. The van der Waals surface area contributed by atoms with Crippen LogP contribution in [0.2, 0.25) is 0 Å². The molecule has 1 aliphatic carbocycles. The summed E-state index contributed by atoms with van der Waals surface area (Å²) in [5.41, 5.74) is 2.31. The molecule has 2 amide bonds. The molecule has 9 nitrogen and oxygen atoms in total. The number of amides is 2. The van der Waals surface area contributed by atoms with Crippen molar-refractivity contribution in [2.24, 2.45) is 0 Å². The Morgan fingerprint density at radius 1 is 1.27 bits per heavy atom. The van der Waals surface area contributed by atoms with E-state index in [4.69, 9.17) is 4.74 Å². The van der Waals surface area contributed by atoms with E-state index in [0.29, 0.717) is 30.7 Å². The molecule has 1 aromatic carbocycles. The smallest absolute Gasteiger partial charge is 0.315 e. The van der Waals surface area contributed by atoms with E-state index in [9.17, 15) is 9.90 Å². The summed E-state index contributed by atoms with van der Waals surface area (Å²) >= 11 is 0. The zero-order chi connectivity index (χ0) is 20.9. The number of ether oxygens (including phenoxy) is 1. The van der Waals surface area contributed by atoms with Gasteiger partial charge >= 0.3 is 6.03 Å². The standard InChI is InChI=1S/C21H26N6O3/c1-30-16-8-2-13(3-9-16)10-17(20-25-18-11-22-12-23-19(18)27-20)26-21(29)24-14-4-6-15(28)7-5-14/h2-3,8-9,11-12,14-15,17,28H,4-7,10H2,1H3,(H2,24,26,29)(H,22,23,25,27)/t14-,15-,17?. The van der Waals surface area contributed by atoms with Crippen LogP contribution >= 0.6 is 0 Å². The molecule has 0 spiro atoms. The van der Waals surface area contributed by atoms with Crippen LogP contribution < -0.4 is 15.4 Å². The Kier molecular flexibility index (Phi) is 6.08. The average Bonchev–Trinajstić information content (AvgIpc) is 3.20. The highest BCUT2D eigenvalue weighted by Gasteiger charge is 2.24. The number of aliphatic hydroxyl groups excluding tert-OH is 1. The molecule has 0 aliphatic heterocycles. The van der Waals surface area contributed by atoms with Gasteiger partial charge in [-0.15, -0.1) is 0 Å². The second kappa shape index (κ2) is 9.08. The van der Waals surface area contributed by atoms with Gasteiger partial charge < -0.3 is 25.5 Å². The Labute approximate surface area is 174 Å². The predicted octanol–water partition coefficient (Wildman–Crippen LogP) is 2.25. The SMILES string of the molecule is COc1ccc(CC(NC(=O)N[C@H]2CC[C@H](O)CC2)c2nc3ncncc3[nH]2)cc1. The molecule has 0 bridgehead atoms. The molecule has 0 saturated heterocycles. The summed E-state index contributed by atoms with van der Waals surface area (Å²) in [6.07, 6.45) is 6.37. The lowest BCUT2D eigenvalue weighted by Gasteiger charge is -2.27. The predicted molar refractivity (Wildman–Crippen MR) is 111 cm³/mol. The monoisotopic (exact) mass is 410 g/mol. The number of fused-ring (bicyclic) bond motifs is 1. The van der Waals surface area contributed by atoms with Crippen LogP contribution in [0.4, 0.5) is 4.79 Å². The van der Waals surface area contributed by atoms with Gasteiger partial charge in [0, 0.05) is 6.04 Å². The normalized spacial score (nSPS) is 19.9. The fourth-order valence-electron chi connectivity index (χ4n) is 3.76. The van der Waals surface area contributed by atoms with Crippen molar-refractivity contribution in [1.29, 1.82) is 0 Å². The number of nitrogens with zero attached hydrogens (tertiary/aromatic N) is 3. The number of hydrogen-bond donors (Lipinski definition) is 4. The molecule has 1 fully saturated rings. The summed E-state index contributed by atoms with van der Waals surface area (Å²) in [6, 6.07) is 7.17. The lowest BCUT2D eigenvalue weighted by atomic mass is 9.93. The first-order chi connectivity index (χ1) is 14.6. The summed E-state index contributed by atoms with van der Waals surface area (Å²) in [5.74, 6) is 1.40. The second-order valence-corrected chi connectivity index (χ2v) is 7.61. The van der Waals surface area contributed by atoms with Gasteiger partial charge in [0.25, 0.3) is 0 Å². The number of aliphatic hydroxyl groups is 1. The van der Waals surface area contributed by atoms with Gasteiger partial charge in [0.15, 0.2) is 5.65 Å². The number of hydrogen-bond acceptors (Lipinski definition) is 6. The maximum absolute atomic E-state index is 12.7. The van der Waals surface area contributed by atoms with E-state index in [-0.39, 0.29) is 24.2 Å². The lowest BCUT2D eigenvalue weighted by molar-refractivity contribution is 0.117. The molecule has 1 saturated carbocycles. The van der Waals surface area contributed by atoms with Gasteiger partial charge in [0.05, 0.1) is 25.5 Å². The zero-order valence-electron chi connectivity index (χ0n) is 16.8. The number of carbonyl (C=O) groups is 1. The molecule has 4 N–H and O–H groups in total. The van der Waals surface area contributed by atoms with Crippen LogP contribution in [-0.4, -0.2) is 50.3 Å². The van der Waals surface area contributed by atoms with Crippen LogP contribution in [-0.2, 0) is 6.42 Å². The van der Waals surface area contributed by atoms with Crippen LogP contribution in [0.25, 0.3) is 11.2 Å². The highest BCUT2D eigenvalue weighted by atomic mass is 16.5. The summed E-state index contributed by atoms with van der Waals surface area (Å²) < 4.78 is 5.22. The number of benzene rings is 1. The van der Waals surface area contributed by atoms with Gasteiger partial charge in [-0.25, -0.2) is 19.7 Å². The van der Waals surface area contributed by atoms with Crippen molar-refractivity contribution in [2.45, 2.75) is 50.3 Å². The van der Waals surface area contributed by atoms with Crippen LogP contribution in [0.1, 0.15) is 43.1 Å².